The van der Waals surface area contributed by atoms with E-state index in [1.54, 1.807) is 0 Å². The summed E-state index contributed by atoms with van der Waals surface area (Å²) in [6.07, 6.45) is 7.53. The number of nitrogens with zero attached hydrogens (tertiary/aromatic N) is 2. The molecule has 2 aliphatic heterocycles. The second kappa shape index (κ2) is 5.50. The smallest absolute Gasteiger partial charge is 0.0957 e. The first-order chi connectivity index (χ1) is 7.36. The number of rotatable bonds is 4. The first-order valence-corrected chi connectivity index (χ1v) is 6.41. The maximum Gasteiger partial charge on any atom is 0.0957 e. The molecule has 2 saturated heterocycles. The Kier molecular flexibility index (Phi) is 4.01. The number of amidine groups is 1. The molecule has 2 fully saturated rings. The standard InChI is InChI=1S/C12H23N3/c13-12-6-1-2-10-15(12)11-5-9-14-7-3-4-8-14/h13H,1-11H2. The topological polar surface area (TPSA) is 30.3 Å². The number of piperidine rings is 1. The number of hydrogen-bond donors (Lipinski definition) is 1. The first-order valence-electron chi connectivity index (χ1n) is 6.41. The summed E-state index contributed by atoms with van der Waals surface area (Å²) in [4.78, 5) is 4.84. The van der Waals surface area contributed by atoms with Crippen molar-refractivity contribution in [3.05, 3.63) is 0 Å². The summed E-state index contributed by atoms with van der Waals surface area (Å²) >= 11 is 0. The maximum absolute atomic E-state index is 7.85. The van der Waals surface area contributed by atoms with Gasteiger partial charge in [-0.1, -0.05) is 0 Å². The van der Waals surface area contributed by atoms with E-state index >= 15 is 0 Å². The lowest BCUT2D eigenvalue weighted by atomic mass is 10.1. The van der Waals surface area contributed by atoms with Gasteiger partial charge in [0.15, 0.2) is 0 Å². The van der Waals surface area contributed by atoms with Gasteiger partial charge >= 0.3 is 0 Å². The Bertz CT molecular complexity index is 209. The van der Waals surface area contributed by atoms with Gasteiger partial charge in [0.05, 0.1) is 5.84 Å². The van der Waals surface area contributed by atoms with Crippen molar-refractivity contribution in [2.75, 3.05) is 32.7 Å². The lowest BCUT2D eigenvalue weighted by Crippen LogP contribution is -2.36. The van der Waals surface area contributed by atoms with Crippen molar-refractivity contribution in [2.24, 2.45) is 0 Å². The zero-order valence-electron chi connectivity index (χ0n) is 9.67. The molecule has 0 saturated carbocycles. The number of likely N-dealkylation sites (tertiary alicyclic amines) is 2. The van der Waals surface area contributed by atoms with Crippen LogP contribution in [0.25, 0.3) is 0 Å². The Morgan fingerprint density at radius 1 is 0.933 bits per heavy atom. The van der Waals surface area contributed by atoms with E-state index in [0.717, 1.165) is 25.3 Å². The molecule has 3 nitrogen and oxygen atoms in total. The minimum Gasteiger partial charge on any atom is -0.361 e. The van der Waals surface area contributed by atoms with E-state index in [1.165, 1.54) is 51.7 Å². The van der Waals surface area contributed by atoms with Crippen molar-refractivity contribution in [1.29, 1.82) is 5.41 Å². The van der Waals surface area contributed by atoms with Crippen molar-refractivity contribution in [3.63, 3.8) is 0 Å². The van der Waals surface area contributed by atoms with Crippen molar-refractivity contribution in [2.45, 2.75) is 38.5 Å². The summed E-state index contributed by atoms with van der Waals surface area (Å²) in [6, 6.07) is 0. The SMILES string of the molecule is N=C1CCCCN1CCCN1CCCC1. The molecule has 0 atom stereocenters. The number of hydrogen-bond acceptors (Lipinski definition) is 2. The van der Waals surface area contributed by atoms with E-state index in [1.807, 2.05) is 0 Å². The minimum atomic E-state index is 0.877. The second-order valence-corrected chi connectivity index (χ2v) is 4.79. The molecule has 15 heavy (non-hydrogen) atoms. The third-order valence-electron chi connectivity index (χ3n) is 3.57. The summed E-state index contributed by atoms with van der Waals surface area (Å²) < 4.78 is 0. The van der Waals surface area contributed by atoms with Gasteiger partial charge in [0.25, 0.3) is 0 Å². The van der Waals surface area contributed by atoms with Gasteiger partial charge in [-0.2, -0.15) is 0 Å². The summed E-state index contributed by atoms with van der Waals surface area (Å²) in [5.74, 6) is 0.877. The van der Waals surface area contributed by atoms with E-state index in [9.17, 15) is 0 Å². The van der Waals surface area contributed by atoms with Gasteiger partial charge in [-0.3, -0.25) is 5.41 Å². The predicted octanol–water partition coefficient (Wildman–Crippen LogP) is 1.94. The molecule has 0 bridgehead atoms. The molecule has 0 radical (unpaired) electrons. The van der Waals surface area contributed by atoms with E-state index < -0.39 is 0 Å². The highest BCUT2D eigenvalue weighted by Crippen LogP contribution is 2.12. The van der Waals surface area contributed by atoms with Gasteiger partial charge < -0.3 is 9.80 Å². The summed E-state index contributed by atoms with van der Waals surface area (Å²) in [5.41, 5.74) is 0. The highest BCUT2D eigenvalue weighted by Gasteiger charge is 2.15. The molecule has 0 aliphatic carbocycles. The van der Waals surface area contributed by atoms with Crippen molar-refractivity contribution in [3.8, 4) is 0 Å². The fourth-order valence-electron chi connectivity index (χ4n) is 2.63. The van der Waals surface area contributed by atoms with Crippen LogP contribution in [0.4, 0.5) is 0 Å². The average Bonchev–Trinajstić information content (AvgIpc) is 2.74. The first kappa shape index (κ1) is 10.9. The van der Waals surface area contributed by atoms with Crippen LogP contribution in [0.15, 0.2) is 0 Å². The number of nitrogens with one attached hydrogen (secondary N) is 1. The zero-order chi connectivity index (χ0) is 10.5. The summed E-state index contributed by atoms with van der Waals surface area (Å²) in [7, 11) is 0. The molecule has 3 heteroatoms. The van der Waals surface area contributed by atoms with Gasteiger partial charge in [-0.25, -0.2) is 0 Å². The van der Waals surface area contributed by atoms with Crippen LogP contribution in [0.2, 0.25) is 0 Å². The predicted molar refractivity (Wildman–Crippen MR) is 63.4 cm³/mol. The Morgan fingerprint density at radius 3 is 2.40 bits per heavy atom. The van der Waals surface area contributed by atoms with Gasteiger partial charge in [-0.05, 0) is 51.7 Å². The van der Waals surface area contributed by atoms with Crippen LogP contribution >= 0.6 is 0 Å². The highest BCUT2D eigenvalue weighted by atomic mass is 15.2. The van der Waals surface area contributed by atoms with Crippen LogP contribution in [-0.4, -0.2) is 48.4 Å². The average molecular weight is 209 g/mol. The van der Waals surface area contributed by atoms with Crippen LogP contribution in [0.3, 0.4) is 0 Å². The molecule has 0 amide bonds. The van der Waals surface area contributed by atoms with E-state index in [2.05, 4.69) is 9.80 Å². The lowest BCUT2D eigenvalue weighted by molar-refractivity contribution is 0.296. The van der Waals surface area contributed by atoms with Gasteiger partial charge in [0.2, 0.25) is 0 Å². The van der Waals surface area contributed by atoms with E-state index in [4.69, 9.17) is 5.41 Å². The van der Waals surface area contributed by atoms with Crippen LogP contribution in [0.1, 0.15) is 38.5 Å². The molecule has 2 aliphatic rings. The maximum atomic E-state index is 7.85. The minimum absolute atomic E-state index is 0.877. The van der Waals surface area contributed by atoms with Crippen LogP contribution in [0.5, 0.6) is 0 Å². The van der Waals surface area contributed by atoms with Crippen molar-refractivity contribution in [1.82, 2.24) is 9.80 Å². The fourth-order valence-corrected chi connectivity index (χ4v) is 2.63. The quantitative estimate of drug-likeness (QED) is 0.767. The van der Waals surface area contributed by atoms with E-state index in [-0.39, 0.29) is 0 Å². The third-order valence-corrected chi connectivity index (χ3v) is 3.57. The molecule has 0 spiro atoms. The van der Waals surface area contributed by atoms with E-state index in [0.29, 0.717) is 0 Å². The van der Waals surface area contributed by atoms with Crippen LogP contribution in [0, 0.1) is 5.41 Å². The largest absolute Gasteiger partial charge is 0.361 e. The van der Waals surface area contributed by atoms with Gasteiger partial charge in [0.1, 0.15) is 0 Å². The molecule has 0 aromatic carbocycles. The Balaban J connectivity index is 1.61. The van der Waals surface area contributed by atoms with Gasteiger partial charge in [-0.15, -0.1) is 0 Å². The Hall–Kier alpha value is -0.570. The molecule has 0 aromatic rings. The molecule has 2 rings (SSSR count). The molecular formula is C12H23N3. The normalized spacial score (nSPS) is 23.7. The van der Waals surface area contributed by atoms with Crippen molar-refractivity contribution < 1.29 is 0 Å². The summed E-state index contributed by atoms with van der Waals surface area (Å²) in [6.45, 7) is 6.08. The highest BCUT2D eigenvalue weighted by molar-refractivity contribution is 5.79. The third kappa shape index (κ3) is 3.20. The molecule has 86 valence electrons. The molecule has 0 unspecified atom stereocenters. The molecule has 0 aromatic heterocycles. The Labute approximate surface area is 92.9 Å². The monoisotopic (exact) mass is 209 g/mol. The Morgan fingerprint density at radius 2 is 1.67 bits per heavy atom. The second-order valence-electron chi connectivity index (χ2n) is 4.79. The fraction of sp³-hybridized carbons (Fsp3) is 0.917. The van der Waals surface area contributed by atoms with Crippen LogP contribution in [-0.2, 0) is 0 Å². The summed E-state index contributed by atoms with van der Waals surface area (Å²) in [5, 5.41) is 7.85. The van der Waals surface area contributed by atoms with Crippen LogP contribution < -0.4 is 0 Å². The molecule has 1 N–H and O–H groups in total. The molecule has 2 heterocycles. The molecular weight excluding hydrogens is 186 g/mol. The lowest BCUT2D eigenvalue weighted by Gasteiger charge is -2.29. The van der Waals surface area contributed by atoms with Gasteiger partial charge in [0, 0.05) is 19.5 Å². The zero-order valence-corrected chi connectivity index (χ0v) is 9.67. The van der Waals surface area contributed by atoms with Crippen molar-refractivity contribution >= 4 is 5.84 Å².